The summed E-state index contributed by atoms with van der Waals surface area (Å²) in [5.74, 6) is -0.904. The van der Waals surface area contributed by atoms with E-state index in [0.29, 0.717) is 19.3 Å². The molecule has 0 aromatic carbocycles. The van der Waals surface area contributed by atoms with E-state index in [-0.39, 0.29) is 31.1 Å². The van der Waals surface area contributed by atoms with Gasteiger partial charge in [-0.3, -0.25) is 14.4 Å². The highest BCUT2D eigenvalue weighted by atomic mass is 16.6. The predicted octanol–water partition coefficient (Wildman–Crippen LogP) is 22.8. The van der Waals surface area contributed by atoms with Crippen LogP contribution in [0.15, 0.2) is 97.2 Å². The largest absolute Gasteiger partial charge is 0.462 e. The van der Waals surface area contributed by atoms with Gasteiger partial charge in [-0.25, -0.2) is 0 Å². The molecular formula is C72H124O6. The van der Waals surface area contributed by atoms with Crippen molar-refractivity contribution in [3.8, 4) is 0 Å². The number of rotatable bonds is 60. The summed E-state index contributed by atoms with van der Waals surface area (Å²) >= 11 is 0. The number of ether oxygens (including phenoxy) is 3. The maximum Gasteiger partial charge on any atom is 0.306 e. The molecule has 0 radical (unpaired) electrons. The van der Waals surface area contributed by atoms with Crippen LogP contribution in [0.1, 0.15) is 323 Å². The molecule has 6 nitrogen and oxygen atoms in total. The first-order valence-corrected chi connectivity index (χ1v) is 33.2. The highest BCUT2D eigenvalue weighted by Gasteiger charge is 2.19. The van der Waals surface area contributed by atoms with Crippen molar-refractivity contribution in [1.29, 1.82) is 0 Å². The normalized spacial score (nSPS) is 12.7. The van der Waals surface area contributed by atoms with Gasteiger partial charge in [-0.2, -0.15) is 0 Å². The lowest BCUT2D eigenvalue weighted by Gasteiger charge is -2.18. The number of carbonyl (C=O) groups excluding carboxylic acids is 3. The summed E-state index contributed by atoms with van der Waals surface area (Å²) in [7, 11) is 0. The molecule has 0 N–H and O–H groups in total. The molecule has 1 atom stereocenters. The quantitative estimate of drug-likeness (QED) is 0.0261. The third-order valence-corrected chi connectivity index (χ3v) is 14.3. The van der Waals surface area contributed by atoms with Gasteiger partial charge in [0.25, 0.3) is 0 Å². The number of carbonyl (C=O) groups is 3. The molecule has 448 valence electrons. The van der Waals surface area contributed by atoms with E-state index >= 15 is 0 Å². The predicted molar refractivity (Wildman–Crippen MR) is 339 cm³/mol. The van der Waals surface area contributed by atoms with Crippen LogP contribution in [0.25, 0.3) is 0 Å². The topological polar surface area (TPSA) is 78.9 Å². The van der Waals surface area contributed by atoms with Gasteiger partial charge in [0.2, 0.25) is 0 Å². The maximum absolute atomic E-state index is 12.9. The Bertz CT molecular complexity index is 1530. The Morgan fingerprint density at radius 3 is 0.846 bits per heavy atom. The molecule has 0 aliphatic carbocycles. The van der Waals surface area contributed by atoms with Crippen LogP contribution in [0.3, 0.4) is 0 Å². The summed E-state index contributed by atoms with van der Waals surface area (Å²) in [6, 6.07) is 0. The van der Waals surface area contributed by atoms with Gasteiger partial charge in [-0.05, 0) is 96.3 Å². The first kappa shape index (κ1) is 74.3. The van der Waals surface area contributed by atoms with E-state index in [9.17, 15) is 14.4 Å². The van der Waals surface area contributed by atoms with Gasteiger partial charge < -0.3 is 14.2 Å². The summed E-state index contributed by atoms with van der Waals surface area (Å²) in [6.07, 6.45) is 88.6. The Morgan fingerprint density at radius 2 is 0.526 bits per heavy atom. The first-order valence-electron chi connectivity index (χ1n) is 33.2. The molecule has 0 heterocycles. The van der Waals surface area contributed by atoms with Crippen LogP contribution in [-0.2, 0) is 28.6 Å². The van der Waals surface area contributed by atoms with Crippen molar-refractivity contribution in [2.24, 2.45) is 0 Å². The minimum atomic E-state index is -0.789. The van der Waals surface area contributed by atoms with Gasteiger partial charge in [-0.15, -0.1) is 0 Å². The van der Waals surface area contributed by atoms with Gasteiger partial charge in [0, 0.05) is 19.3 Å². The summed E-state index contributed by atoms with van der Waals surface area (Å²) in [5, 5.41) is 0. The third-order valence-electron chi connectivity index (χ3n) is 14.3. The van der Waals surface area contributed by atoms with E-state index < -0.39 is 6.10 Å². The summed E-state index contributed by atoms with van der Waals surface area (Å²) < 4.78 is 16.9. The smallest absolute Gasteiger partial charge is 0.306 e. The Morgan fingerprint density at radius 1 is 0.269 bits per heavy atom. The summed E-state index contributed by atoms with van der Waals surface area (Å²) in [6.45, 7) is 6.48. The summed E-state index contributed by atoms with van der Waals surface area (Å²) in [5.41, 5.74) is 0. The Balaban J connectivity index is 4.27. The van der Waals surface area contributed by atoms with E-state index in [1.165, 1.54) is 148 Å². The van der Waals surface area contributed by atoms with Gasteiger partial charge in [0.1, 0.15) is 13.2 Å². The zero-order valence-corrected chi connectivity index (χ0v) is 51.4. The highest BCUT2D eigenvalue weighted by molar-refractivity contribution is 5.71. The minimum Gasteiger partial charge on any atom is -0.462 e. The van der Waals surface area contributed by atoms with Crippen molar-refractivity contribution in [2.75, 3.05) is 13.2 Å². The van der Waals surface area contributed by atoms with Crippen LogP contribution in [-0.4, -0.2) is 37.2 Å². The van der Waals surface area contributed by atoms with Crippen molar-refractivity contribution in [3.05, 3.63) is 97.2 Å². The standard InChI is InChI=1S/C72H124O6/c1-4-7-10-13-16-19-22-24-26-28-30-32-34-35-36-37-39-40-42-44-46-48-50-53-56-59-62-65-71(74)77-68-69(67-76-70(73)64-61-58-55-52-21-18-15-12-9-6-3)78-72(75)66-63-60-57-54-51-49-47-45-43-41-38-33-31-29-27-25-23-20-17-14-11-8-5-2/h7,10,12,15-16,19,24,26,30,32,35-36,39-40,44,46,69H,4-6,8-9,11,13-14,17-18,20-23,25,27-29,31,33-34,37-38,41-43,45,47-68H2,1-3H3/b10-7-,15-12-,19-16-,26-24-,32-30-,36-35-,40-39-,46-44-. The number of unbranched alkanes of at least 4 members (excludes halogenated alkanes) is 33. The average Bonchev–Trinajstić information content (AvgIpc) is 3.44. The Hall–Kier alpha value is -3.67. The molecule has 0 bridgehead atoms. The number of hydrogen-bond acceptors (Lipinski definition) is 6. The fourth-order valence-corrected chi connectivity index (χ4v) is 9.37. The molecule has 0 amide bonds. The average molecular weight is 1090 g/mol. The third kappa shape index (κ3) is 63.2. The van der Waals surface area contributed by atoms with Gasteiger partial charge in [0.15, 0.2) is 6.10 Å². The van der Waals surface area contributed by atoms with Crippen LogP contribution in [0.2, 0.25) is 0 Å². The van der Waals surface area contributed by atoms with Crippen LogP contribution in [0.5, 0.6) is 0 Å². The van der Waals surface area contributed by atoms with E-state index in [0.717, 1.165) is 135 Å². The van der Waals surface area contributed by atoms with Crippen LogP contribution in [0, 0.1) is 0 Å². The Kier molecular flexibility index (Phi) is 62.7. The van der Waals surface area contributed by atoms with Gasteiger partial charge in [0.05, 0.1) is 0 Å². The number of esters is 3. The van der Waals surface area contributed by atoms with Crippen molar-refractivity contribution in [2.45, 2.75) is 329 Å². The van der Waals surface area contributed by atoms with Crippen molar-refractivity contribution < 1.29 is 28.6 Å². The number of allylic oxidation sites excluding steroid dienone is 16. The fraction of sp³-hybridized carbons (Fsp3) is 0.736. The second-order valence-electron chi connectivity index (χ2n) is 22.0. The van der Waals surface area contributed by atoms with Crippen LogP contribution >= 0.6 is 0 Å². The van der Waals surface area contributed by atoms with Crippen LogP contribution < -0.4 is 0 Å². The van der Waals surface area contributed by atoms with Crippen molar-refractivity contribution in [1.82, 2.24) is 0 Å². The fourth-order valence-electron chi connectivity index (χ4n) is 9.37. The van der Waals surface area contributed by atoms with Crippen LogP contribution in [0.4, 0.5) is 0 Å². The lowest BCUT2D eigenvalue weighted by Crippen LogP contribution is -2.30. The molecule has 1 unspecified atom stereocenters. The molecule has 0 spiro atoms. The summed E-state index contributed by atoms with van der Waals surface area (Å²) in [4.78, 5) is 38.3. The number of hydrogen-bond donors (Lipinski definition) is 0. The molecule has 0 fully saturated rings. The molecule has 6 heteroatoms. The lowest BCUT2D eigenvalue weighted by molar-refractivity contribution is -0.167. The minimum absolute atomic E-state index is 0.0861. The second-order valence-corrected chi connectivity index (χ2v) is 22.0. The molecule has 0 rings (SSSR count). The molecule has 0 aromatic heterocycles. The Labute approximate surface area is 483 Å². The van der Waals surface area contributed by atoms with Gasteiger partial charge >= 0.3 is 17.9 Å². The van der Waals surface area contributed by atoms with Crippen molar-refractivity contribution in [3.63, 3.8) is 0 Å². The molecule has 0 saturated heterocycles. The van der Waals surface area contributed by atoms with E-state index in [1.807, 2.05) is 0 Å². The monoisotopic (exact) mass is 1080 g/mol. The highest BCUT2D eigenvalue weighted by Crippen LogP contribution is 2.17. The first-order chi connectivity index (χ1) is 38.5. The second kappa shape index (κ2) is 65.8. The van der Waals surface area contributed by atoms with Gasteiger partial charge in [-0.1, -0.05) is 304 Å². The molecule has 0 aromatic rings. The molecule has 0 aliphatic heterocycles. The molecule has 78 heavy (non-hydrogen) atoms. The zero-order valence-electron chi connectivity index (χ0n) is 51.4. The van der Waals surface area contributed by atoms with Crippen molar-refractivity contribution >= 4 is 17.9 Å². The molecular weight excluding hydrogens is 961 g/mol. The molecule has 0 aliphatic rings. The van der Waals surface area contributed by atoms with E-state index in [1.54, 1.807) is 0 Å². The SMILES string of the molecule is CC/C=C\C/C=C\C/C=C\C/C=C\C/C=C\C/C=C\C/C=C\CCCCCCCC(=O)OCC(COC(=O)CCCCCCC/C=C\CCC)OC(=O)CCCCCCCCCCCCCCCCCCCCCCCCC. The van der Waals surface area contributed by atoms with E-state index in [2.05, 4.69) is 118 Å². The zero-order chi connectivity index (χ0) is 56.4. The maximum atomic E-state index is 12.9. The lowest BCUT2D eigenvalue weighted by atomic mass is 10.0. The van der Waals surface area contributed by atoms with E-state index in [4.69, 9.17) is 14.2 Å². The molecule has 0 saturated carbocycles.